The molecule has 0 aliphatic heterocycles. The van der Waals surface area contributed by atoms with Crippen LogP contribution in [0.4, 0.5) is 0 Å². The van der Waals surface area contributed by atoms with Crippen LogP contribution in [-0.2, 0) is 9.59 Å². The van der Waals surface area contributed by atoms with Crippen LogP contribution in [0.5, 0.6) is 0 Å². The summed E-state index contributed by atoms with van der Waals surface area (Å²) in [5, 5.41) is 2.56. The summed E-state index contributed by atoms with van der Waals surface area (Å²) in [4.78, 5) is 25.0. The second-order valence-corrected chi connectivity index (χ2v) is 5.68. The van der Waals surface area contributed by atoms with Crippen LogP contribution in [0.3, 0.4) is 0 Å². The third kappa shape index (κ3) is 5.67. The van der Waals surface area contributed by atoms with Crippen molar-refractivity contribution in [3.05, 3.63) is 0 Å². The van der Waals surface area contributed by atoms with Gasteiger partial charge in [0.15, 0.2) is 0 Å². The monoisotopic (exact) mass is 305 g/mol. The number of hydrogen-bond donors (Lipinski definition) is 2. The molecule has 20 heavy (non-hydrogen) atoms. The van der Waals surface area contributed by atoms with Crippen LogP contribution in [0, 0.1) is 5.41 Å². The van der Waals surface area contributed by atoms with E-state index in [-0.39, 0.29) is 29.6 Å². The standard InChI is InChI=1S/C14H27N3O2.ClH/c1-16-12(18)6-9-17(2)13(19)10-14(11-15)7-4-3-5-8-14;/h3-11,15H2,1-2H3,(H,16,18);1H. The van der Waals surface area contributed by atoms with Crippen molar-refractivity contribution in [1.82, 2.24) is 10.2 Å². The highest BCUT2D eigenvalue weighted by atomic mass is 35.5. The van der Waals surface area contributed by atoms with Crippen molar-refractivity contribution < 1.29 is 9.59 Å². The lowest BCUT2D eigenvalue weighted by Crippen LogP contribution is -2.40. The van der Waals surface area contributed by atoms with Crippen molar-refractivity contribution in [3.63, 3.8) is 0 Å². The van der Waals surface area contributed by atoms with Crippen molar-refractivity contribution in [2.45, 2.75) is 44.9 Å². The summed E-state index contributed by atoms with van der Waals surface area (Å²) in [5.74, 6) is 0.0714. The van der Waals surface area contributed by atoms with E-state index in [0.29, 0.717) is 25.9 Å². The molecule has 2 amide bonds. The number of carbonyl (C=O) groups excluding carboxylic acids is 2. The maximum absolute atomic E-state index is 12.2. The summed E-state index contributed by atoms with van der Waals surface area (Å²) in [7, 11) is 3.37. The SMILES string of the molecule is CNC(=O)CCN(C)C(=O)CC1(CN)CCCCC1.Cl. The van der Waals surface area contributed by atoms with E-state index < -0.39 is 0 Å². The molecule has 0 aromatic carbocycles. The van der Waals surface area contributed by atoms with Gasteiger partial charge in [0.25, 0.3) is 0 Å². The van der Waals surface area contributed by atoms with Crippen LogP contribution in [0.2, 0.25) is 0 Å². The zero-order chi connectivity index (χ0) is 14.3. The molecule has 1 saturated carbocycles. The topological polar surface area (TPSA) is 75.4 Å². The van der Waals surface area contributed by atoms with E-state index in [4.69, 9.17) is 5.73 Å². The van der Waals surface area contributed by atoms with E-state index in [1.165, 1.54) is 19.3 Å². The number of nitrogens with zero attached hydrogens (tertiary/aromatic N) is 1. The molecule has 0 saturated heterocycles. The average Bonchev–Trinajstić information content (AvgIpc) is 2.45. The van der Waals surface area contributed by atoms with Gasteiger partial charge in [0.05, 0.1) is 0 Å². The Morgan fingerprint density at radius 2 is 1.85 bits per heavy atom. The zero-order valence-corrected chi connectivity index (χ0v) is 13.4. The van der Waals surface area contributed by atoms with Crippen LogP contribution >= 0.6 is 12.4 Å². The Hall–Kier alpha value is -0.810. The van der Waals surface area contributed by atoms with Gasteiger partial charge in [-0.05, 0) is 24.8 Å². The molecule has 6 heteroatoms. The molecule has 1 aliphatic rings. The van der Waals surface area contributed by atoms with Crippen LogP contribution in [0.15, 0.2) is 0 Å². The highest BCUT2D eigenvalue weighted by Gasteiger charge is 2.33. The largest absolute Gasteiger partial charge is 0.359 e. The molecule has 1 fully saturated rings. The number of amides is 2. The molecule has 0 aromatic rings. The van der Waals surface area contributed by atoms with E-state index in [1.807, 2.05) is 0 Å². The van der Waals surface area contributed by atoms with Gasteiger partial charge in [0.2, 0.25) is 11.8 Å². The Kier molecular flexibility index (Phi) is 8.81. The molecule has 3 N–H and O–H groups in total. The normalized spacial score (nSPS) is 16.9. The molecule has 0 atom stereocenters. The van der Waals surface area contributed by atoms with E-state index in [1.54, 1.807) is 19.0 Å². The third-order valence-electron chi connectivity index (χ3n) is 4.25. The van der Waals surface area contributed by atoms with Crippen LogP contribution in [-0.4, -0.2) is 43.9 Å². The van der Waals surface area contributed by atoms with Gasteiger partial charge in [0.1, 0.15) is 0 Å². The lowest BCUT2D eigenvalue weighted by atomic mass is 9.71. The highest BCUT2D eigenvalue weighted by Crippen LogP contribution is 2.38. The third-order valence-corrected chi connectivity index (χ3v) is 4.25. The minimum atomic E-state index is -0.0362. The molecular formula is C14H28ClN3O2. The summed E-state index contributed by atoms with van der Waals surface area (Å²) in [6.07, 6.45) is 6.58. The Labute approximate surface area is 128 Å². The van der Waals surface area contributed by atoms with E-state index >= 15 is 0 Å². The summed E-state index contributed by atoms with van der Waals surface area (Å²) >= 11 is 0. The van der Waals surface area contributed by atoms with Crippen LogP contribution < -0.4 is 11.1 Å². The van der Waals surface area contributed by atoms with Gasteiger partial charge >= 0.3 is 0 Å². The molecule has 0 bridgehead atoms. The summed E-state index contributed by atoms with van der Waals surface area (Å²) in [6, 6.07) is 0. The molecule has 0 unspecified atom stereocenters. The molecule has 0 aromatic heterocycles. The highest BCUT2D eigenvalue weighted by molar-refractivity contribution is 5.85. The van der Waals surface area contributed by atoms with Gasteiger partial charge in [-0.2, -0.15) is 0 Å². The van der Waals surface area contributed by atoms with Crippen molar-refractivity contribution in [1.29, 1.82) is 0 Å². The fourth-order valence-electron chi connectivity index (χ4n) is 2.73. The first kappa shape index (κ1) is 19.2. The number of rotatable bonds is 6. The predicted molar refractivity (Wildman–Crippen MR) is 82.8 cm³/mol. The Balaban J connectivity index is 0.00000361. The first-order chi connectivity index (χ1) is 9.03. The zero-order valence-electron chi connectivity index (χ0n) is 12.6. The maximum atomic E-state index is 12.2. The molecule has 0 heterocycles. The minimum absolute atomic E-state index is 0. The van der Waals surface area contributed by atoms with Gasteiger partial charge in [-0.3, -0.25) is 9.59 Å². The number of carbonyl (C=O) groups is 2. The molecule has 0 radical (unpaired) electrons. The molecule has 5 nitrogen and oxygen atoms in total. The fourth-order valence-corrected chi connectivity index (χ4v) is 2.73. The molecular weight excluding hydrogens is 278 g/mol. The second kappa shape index (κ2) is 9.19. The first-order valence-electron chi connectivity index (χ1n) is 7.17. The maximum Gasteiger partial charge on any atom is 0.222 e. The molecule has 0 spiro atoms. The Morgan fingerprint density at radius 1 is 1.25 bits per heavy atom. The van der Waals surface area contributed by atoms with Crippen molar-refractivity contribution in [2.24, 2.45) is 11.1 Å². The van der Waals surface area contributed by atoms with Gasteiger partial charge in [-0.1, -0.05) is 19.3 Å². The average molecular weight is 306 g/mol. The quantitative estimate of drug-likeness (QED) is 0.777. The number of nitrogens with two attached hydrogens (primary N) is 1. The molecule has 1 rings (SSSR count). The van der Waals surface area contributed by atoms with Gasteiger partial charge in [0, 0.05) is 33.5 Å². The van der Waals surface area contributed by atoms with Crippen molar-refractivity contribution in [3.8, 4) is 0 Å². The van der Waals surface area contributed by atoms with Crippen LogP contribution in [0.1, 0.15) is 44.9 Å². The van der Waals surface area contributed by atoms with Gasteiger partial charge < -0.3 is 16.0 Å². The number of halogens is 1. The predicted octanol–water partition coefficient (Wildman–Crippen LogP) is 1.30. The first-order valence-corrected chi connectivity index (χ1v) is 7.17. The van der Waals surface area contributed by atoms with E-state index in [2.05, 4.69) is 5.32 Å². The smallest absolute Gasteiger partial charge is 0.222 e. The van der Waals surface area contributed by atoms with Gasteiger partial charge in [-0.15, -0.1) is 12.4 Å². The van der Waals surface area contributed by atoms with E-state index in [0.717, 1.165) is 12.8 Å². The number of hydrogen-bond acceptors (Lipinski definition) is 3. The van der Waals surface area contributed by atoms with Gasteiger partial charge in [-0.25, -0.2) is 0 Å². The molecule has 118 valence electrons. The lowest BCUT2D eigenvalue weighted by Gasteiger charge is -2.36. The lowest BCUT2D eigenvalue weighted by molar-refractivity contribution is -0.133. The Bertz CT molecular complexity index is 318. The fraction of sp³-hybridized carbons (Fsp3) is 0.857. The summed E-state index contributed by atoms with van der Waals surface area (Å²) in [6.45, 7) is 1.06. The van der Waals surface area contributed by atoms with Crippen LogP contribution in [0.25, 0.3) is 0 Å². The minimum Gasteiger partial charge on any atom is -0.359 e. The van der Waals surface area contributed by atoms with Crippen molar-refractivity contribution in [2.75, 3.05) is 27.2 Å². The molecule has 1 aliphatic carbocycles. The summed E-state index contributed by atoms with van der Waals surface area (Å²) in [5.41, 5.74) is 5.89. The Morgan fingerprint density at radius 3 is 2.35 bits per heavy atom. The van der Waals surface area contributed by atoms with Crippen molar-refractivity contribution >= 4 is 24.2 Å². The second-order valence-electron chi connectivity index (χ2n) is 5.68. The summed E-state index contributed by atoms with van der Waals surface area (Å²) < 4.78 is 0. The number of nitrogens with one attached hydrogen (secondary N) is 1. The van der Waals surface area contributed by atoms with E-state index in [9.17, 15) is 9.59 Å².